The van der Waals surface area contributed by atoms with Crippen LogP contribution in [0.4, 0.5) is 0 Å². The summed E-state index contributed by atoms with van der Waals surface area (Å²) in [6.07, 6.45) is 10.7. The second-order valence-electron chi connectivity index (χ2n) is 4.79. The summed E-state index contributed by atoms with van der Waals surface area (Å²) in [6, 6.07) is 15.3. The van der Waals surface area contributed by atoms with Crippen LogP contribution in [0.25, 0.3) is 10.8 Å². The maximum absolute atomic E-state index is 2.33. The van der Waals surface area contributed by atoms with Crippen molar-refractivity contribution in [3.8, 4) is 0 Å². The Balaban J connectivity index is 1.95. The third kappa shape index (κ3) is 3.46. The van der Waals surface area contributed by atoms with E-state index in [0.29, 0.717) is 0 Å². The number of fused-ring (bicyclic) bond motifs is 1. The minimum atomic E-state index is 1.18. The van der Waals surface area contributed by atoms with Gasteiger partial charge in [0.1, 0.15) is 0 Å². The number of rotatable bonds is 6. The summed E-state index contributed by atoms with van der Waals surface area (Å²) >= 11 is 0. The molecule has 0 spiro atoms. The Kier molecular flexibility index (Phi) is 5.01. The molecule has 0 N–H and O–H groups in total. The van der Waals surface area contributed by atoms with Gasteiger partial charge in [-0.3, -0.25) is 0 Å². The van der Waals surface area contributed by atoms with Gasteiger partial charge in [-0.25, -0.2) is 0 Å². The molecule has 0 radical (unpaired) electrons. The summed E-state index contributed by atoms with van der Waals surface area (Å²) in [7, 11) is 0. The van der Waals surface area contributed by atoms with Gasteiger partial charge in [0.05, 0.1) is 0 Å². The van der Waals surface area contributed by atoms with E-state index in [9.17, 15) is 0 Å². The van der Waals surface area contributed by atoms with Crippen molar-refractivity contribution < 1.29 is 0 Å². The van der Waals surface area contributed by atoms with Gasteiger partial charge in [0.2, 0.25) is 0 Å². The maximum Gasteiger partial charge on any atom is -0.0152 e. The Hall–Kier alpha value is -1.56. The third-order valence-electron chi connectivity index (χ3n) is 3.32. The van der Waals surface area contributed by atoms with Crippen molar-refractivity contribution in [3.63, 3.8) is 0 Å². The highest BCUT2D eigenvalue weighted by Gasteiger charge is 1.98. The van der Waals surface area contributed by atoms with Crippen molar-refractivity contribution in [2.45, 2.75) is 39.0 Å². The lowest BCUT2D eigenvalue weighted by atomic mass is 10.0. The first-order chi connectivity index (χ1) is 8.92. The van der Waals surface area contributed by atoms with E-state index in [0.717, 1.165) is 0 Å². The van der Waals surface area contributed by atoms with Crippen molar-refractivity contribution in [3.05, 3.63) is 60.2 Å². The molecular weight excluding hydrogens is 216 g/mol. The largest absolute Gasteiger partial charge is 0.0885 e. The Morgan fingerprint density at radius 3 is 2.56 bits per heavy atom. The van der Waals surface area contributed by atoms with Gasteiger partial charge in [-0.2, -0.15) is 0 Å². The summed E-state index contributed by atoms with van der Waals surface area (Å²) in [5, 5.41) is 2.77. The Labute approximate surface area is 110 Å². The van der Waals surface area contributed by atoms with Crippen LogP contribution in [-0.2, 0) is 6.42 Å². The monoisotopic (exact) mass is 238 g/mol. The van der Waals surface area contributed by atoms with Crippen molar-refractivity contribution in [2.75, 3.05) is 0 Å². The van der Waals surface area contributed by atoms with E-state index >= 15 is 0 Å². The summed E-state index contributed by atoms with van der Waals surface area (Å²) in [6.45, 7) is 2.22. The van der Waals surface area contributed by atoms with Gasteiger partial charge in [0, 0.05) is 0 Å². The topological polar surface area (TPSA) is 0 Å². The molecule has 94 valence electrons. The average Bonchev–Trinajstić information content (AvgIpc) is 2.43. The second kappa shape index (κ2) is 7.00. The van der Waals surface area contributed by atoms with Gasteiger partial charge in [0.25, 0.3) is 0 Å². The summed E-state index contributed by atoms with van der Waals surface area (Å²) in [5.41, 5.74) is 1.48. The van der Waals surface area contributed by atoms with Crippen LogP contribution in [0, 0.1) is 0 Å². The molecule has 2 aromatic carbocycles. The molecule has 0 amide bonds. The lowest BCUT2D eigenvalue weighted by Gasteiger charge is -2.05. The number of allylic oxidation sites excluding steroid dienone is 2. The molecule has 2 aromatic rings. The van der Waals surface area contributed by atoms with Gasteiger partial charge in [-0.1, -0.05) is 68.0 Å². The fourth-order valence-electron chi connectivity index (χ4n) is 2.32. The normalized spacial score (nSPS) is 11.4. The zero-order valence-electron chi connectivity index (χ0n) is 11.2. The van der Waals surface area contributed by atoms with Crippen LogP contribution in [0.1, 0.15) is 38.2 Å². The molecule has 0 aromatic heterocycles. The predicted octanol–water partition coefficient (Wildman–Crippen LogP) is 5.52. The highest BCUT2D eigenvalue weighted by Crippen LogP contribution is 2.20. The van der Waals surface area contributed by atoms with Gasteiger partial charge >= 0.3 is 0 Å². The second-order valence-corrected chi connectivity index (χ2v) is 4.79. The van der Waals surface area contributed by atoms with E-state index in [-0.39, 0.29) is 0 Å². The average molecular weight is 238 g/mol. The molecule has 0 saturated heterocycles. The summed E-state index contributed by atoms with van der Waals surface area (Å²) in [4.78, 5) is 0. The predicted molar refractivity (Wildman–Crippen MR) is 80.9 cm³/mol. The molecule has 0 saturated carbocycles. The van der Waals surface area contributed by atoms with Gasteiger partial charge in [-0.15, -0.1) is 0 Å². The van der Waals surface area contributed by atoms with Gasteiger partial charge in [-0.05, 0) is 42.0 Å². The lowest BCUT2D eigenvalue weighted by molar-refractivity contribution is 0.841. The minimum Gasteiger partial charge on any atom is -0.0885 e. The third-order valence-corrected chi connectivity index (χ3v) is 3.32. The number of hydrogen-bond acceptors (Lipinski definition) is 0. The van der Waals surface area contributed by atoms with Crippen LogP contribution in [-0.4, -0.2) is 0 Å². The van der Waals surface area contributed by atoms with E-state index in [2.05, 4.69) is 61.5 Å². The zero-order chi connectivity index (χ0) is 12.6. The Bertz CT molecular complexity index is 503. The molecule has 0 aliphatic carbocycles. The Morgan fingerprint density at radius 2 is 1.67 bits per heavy atom. The maximum atomic E-state index is 2.33. The van der Waals surface area contributed by atoms with Crippen molar-refractivity contribution in [1.82, 2.24) is 0 Å². The molecule has 0 bridgehead atoms. The van der Waals surface area contributed by atoms with E-state index in [4.69, 9.17) is 0 Å². The number of unbranched alkanes of at least 4 members (excludes halogenated alkanes) is 2. The van der Waals surface area contributed by atoms with Crippen LogP contribution >= 0.6 is 0 Å². The minimum absolute atomic E-state index is 1.18. The molecule has 0 nitrogen and oxygen atoms in total. The quantitative estimate of drug-likeness (QED) is 0.459. The first-order valence-corrected chi connectivity index (χ1v) is 7.03. The standard InChI is InChI=1S/C18H22/c1-2-3-4-5-6-7-11-16-13-10-14-17-12-8-9-15-18(16)17/h4-5,8-10,12-15H,2-3,6-7,11H2,1H3/b5-4-. The molecule has 0 heteroatoms. The lowest BCUT2D eigenvalue weighted by Crippen LogP contribution is -1.86. The molecule has 0 atom stereocenters. The van der Waals surface area contributed by atoms with Crippen LogP contribution in [0.15, 0.2) is 54.6 Å². The molecule has 2 rings (SSSR count). The number of benzene rings is 2. The highest BCUT2D eigenvalue weighted by molar-refractivity contribution is 5.85. The smallest absolute Gasteiger partial charge is 0.0152 e. The summed E-state index contributed by atoms with van der Waals surface area (Å²) in [5.74, 6) is 0. The highest BCUT2D eigenvalue weighted by atomic mass is 14.0. The number of aryl methyl sites for hydroxylation is 1. The van der Waals surface area contributed by atoms with Crippen LogP contribution in [0.3, 0.4) is 0 Å². The van der Waals surface area contributed by atoms with E-state index in [1.165, 1.54) is 48.4 Å². The molecule has 0 fully saturated rings. The van der Waals surface area contributed by atoms with E-state index in [1.807, 2.05) is 0 Å². The summed E-state index contributed by atoms with van der Waals surface area (Å²) < 4.78 is 0. The van der Waals surface area contributed by atoms with Crippen molar-refractivity contribution in [1.29, 1.82) is 0 Å². The first-order valence-electron chi connectivity index (χ1n) is 7.03. The van der Waals surface area contributed by atoms with Crippen molar-refractivity contribution in [2.24, 2.45) is 0 Å². The fourth-order valence-corrected chi connectivity index (χ4v) is 2.32. The zero-order valence-corrected chi connectivity index (χ0v) is 11.2. The van der Waals surface area contributed by atoms with Gasteiger partial charge < -0.3 is 0 Å². The molecule has 0 unspecified atom stereocenters. The number of hydrogen-bond donors (Lipinski definition) is 0. The SMILES string of the molecule is CCC/C=C\CCCc1cccc2ccccc12. The molecule has 18 heavy (non-hydrogen) atoms. The van der Waals surface area contributed by atoms with Gasteiger partial charge in [0.15, 0.2) is 0 Å². The van der Waals surface area contributed by atoms with E-state index < -0.39 is 0 Å². The Morgan fingerprint density at radius 1 is 0.889 bits per heavy atom. The molecular formula is C18H22. The first kappa shape index (κ1) is 12.9. The van der Waals surface area contributed by atoms with Crippen LogP contribution < -0.4 is 0 Å². The van der Waals surface area contributed by atoms with Crippen molar-refractivity contribution >= 4 is 10.8 Å². The van der Waals surface area contributed by atoms with Crippen LogP contribution in [0.2, 0.25) is 0 Å². The van der Waals surface area contributed by atoms with E-state index in [1.54, 1.807) is 0 Å². The fraction of sp³-hybridized carbons (Fsp3) is 0.333. The molecule has 0 aliphatic heterocycles. The molecule has 0 aliphatic rings. The molecule has 0 heterocycles. The van der Waals surface area contributed by atoms with Crippen LogP contribution in [0.5, 0.6) is 0 Å².